The molecule has 0 fully saturated rings. The quantitative estimate of drug-likeness (QED) is 0.645. The number of nitrogens with one attached hydrogen (secondary N) is 1. The largest absolute Gasteiger partial charge is 0.299 e. The smallest absolute Gasteiger partial charge is 0.249 e. The van der Waals surface area contributed by atoms with E-state index in [1.807, 2.05) is 56.3 Å². The van der Waals surface area contributed by atoms with Crippen molar-refractivity contribution in [1.29, 1.82) is 0 Å². The van der Waals surface area contributed by atoms with Gasteiger partial charge in [0.05, 0.1) is 11.9 Å². The molecule has 0 aliphatic carbocycles. The maximum absolute atomic E-state index is 12.8. The van der Waals surface area contributed by atoms with Crippen LogP contribution in [0.25, 0.3) is 10.6 Å². The summed E-state index contributed by atoms with van der Waals surface area (Å²) in [6.45, 7) is 5.24. The molecule has 0 radical (unpaired) electrons. The lowest BCUT2D eigenvalue weighted by atomic mass is 10.1. The summed E-state index contributed by atoms with van der Waals surface area (Å²) in [5.74, 6) is -0.480. The lowest BCUT2D eigenvalue weighted by Gasteiger charge is -2.29. The fourth-order valence-electron chi connectivity index (χ4n) is 2.92. The van der Waals surface area contributed by atoms with Gasteiger partial charge < -0.3 is 0 Å². The van der Waals surface area contributed by atoms with Crippen molar-refractivity contribution in [1.82, 2.24) is 10.2 Å². The number of benzene rings is 2. The van der Waals surface area contributed by atoms with Gasteiger partial charge in [-0.25, -0.2) is 8.42 Å². The van der Waals surface area contributed by atoms with Crippen molar-refractivity contribution in [3.05, 3.63) is 59.7 Å². The summed E-state index contributed by atoms with van der Waals surface area (Å²) < 4.78 is 26.1. The highest BCUT2D eigenvalue weighted by Gasteiger charge is 2.30. The number of rotatable bonds is 6. The highest BCUT2D eigenvalue weighted by atomic mass is 32.2. The molecule has 1 unspecified atom stereocenters. The van der Waals surface area contributed by atoms with Crippen molar-refractivity contribution in [2.75, 3.05) is 15.9 Å². The van der Waals surface area contributed by atoms with Gasteiger partial charge in [0, 0.05) is 5.56 Å². The second-order valence-corrected chi connectivity index (χ2v) is 9.63. The van der Waals surface area contributed by atoms with Crippen LogP contribution in [0.4, 0.5) is 10.8 Å². The number of amides is 1. The Morgan fingerprint density at radius 3 is 2.45 bits per heavy atom. The zero-order chi connectivity index (χ0) is 21.2. The van der Waals surface area contributed by atoms with Gasteiger partial charge in [-0.15, -0.1) is 10.2 Å². The van der Waals surface area contributed by atoms with Crippen LogP contribution in [0.1, 0.15) is 18.1 Å². The fourth-order valence-corrected chi connectivity index (χ4v) is 4.89. The van der Waals surface area contributed by atoms with Crippen molar-refractivity contribution >= 4 is 38.1 Å². The minimum absolute atomic E-state index is 0.315. The van der Waals surface area contributed by atoms with E-state index in [0.29, 0.717) is 15.8 Å². The summed E-state index contributed by atoms with van der Waals surface area (Å²) in [4.78, 5) is 12.8. The number of aromatic nitrogens is 2. The highest BCUT2D eigenvalue weighted by Crippen LogP contribution is 2.28. The predicted octanol–water partition coefficient (Wildman–Crippen LogP) is 3.62. The molecule has 0 aliphatic heterocycles. The van der Waals surface area contributed by atoms with E-state index in [1.54, 1.807) is 13.0 Å². The molecule has 0 aliphatic rings. The van der Waals surface area contributed by atoms with Gasteiger partial charge in [0.2, 0.25) is 21.1 Å². The Morgan fingerprint density at radius 2 is 1.79 bits per heavy atom. The van der Waals surface area contributed by atoms with E-state index in [-0.39, 0.29) is 0 Å². The van der Waals surface area contributed by atoms with E-state index < -0.39 is 22.0 Å². The van der Waals surface area contributed by atoms with Crippen molar-refractivity contribution in [2.24, 2.45) is 0 Å². The van der Waals surface area contributed by atoms with Crippen LogP contribution in [0.3, 0.4) is 0 Å². The van der Waals surface area contributed by atoms with E-state index in [1.165, 1.54) is 11.3 Å². The minimum atomic E-state index is -3.69. The molecule has 0 saturated heterocycles. The van der Waals surface area contributed by atoms with Gasteiger partial charge in [-0.05, 0) is 38.0 Å². The summed E-state index contributed by atoms with van der Waals surface area (Å²) in [5, 5.41) is 11.8. The van der Waals surface area contributed by atoms with Gasteiger partial charge >= 0.3 is 0 Å². The molecule has 29 heavy (non-hydrogen) atoms. The molecule has 3 rings (SSSR count). The summed E-state index contributed by atoms with van der Waals surface area (Å²) in [6.07, 6.45) is 1.09. The Morgan fingerprint density at radius 1 is 1.10 bits per heavy atom. The molecule has 7 nitrogen and oxygen atoms in total. The fraction of sp³-hybridized carbons (Fsp3) is 0.250. The van der Waals surface area contributed by atoms with E-state index >= 15 is 0 Å². The van der Waals surface area contributed by atoms with Crippen molar-refractivity contribution in [3.63, 3.8) is 0 Å². The third-order valence-corrected chi connectivity index (χ3v) is 6.48. The standard InChI is InChI=1S/C20H22N4O3S2/c1-13-10-11-14(2)17(12-13)24(29(4,26)27)15(3)18(25)21-20-23-22-19(28-20)16-8-6-5-7-9-16/h5-12,15H,1-4H3,(H,21,23,25). The van der Waals surface area contributed by atoms with Crippen molar-refractivity contribution in [3.8, 4) is 10.6 Å². The summed E-state index contributed by atoms with van der Waals surface area (Å²) in [6, 6.07) is 14.0. The normalized spacial score (nSPS) is 12.4. The van der Waals surface area contributed by atoms with Gasteiger partial charge in [0.15, 0.2) is 0 Å². The predicted molar refractivity (Wildman–Crippen MR) is 117 cm³/mol. The van der Waals surface area contributed by atoms with Crippen LogP contribution in [0.5, 0.6) is 0 Å². The third-order valence-electron chi connectivity index (χ3n) is 4.37. The first-order valence-electron chi connectivity index (χ1n) is 8.93. The van der Waals surface area contributed by atoms with Crippen LogP contribution in [0.15, 0.2) is 48.5 Å². The van der Waals surface area contributed by atoms with Crippen LogP contribution < -0.4 is 9.62 Å². The first-order chi connectivity index (χ1) is 13.7. The highest BCUT2D eigenvalue weighted by molar-refractivity contribution is 7.92. The molecule has 1 heterocycles. The number of nitrogens with zero attached hydrogens (tertiary/aromatic N) is 3. The third kappa shape index (κ3) is 4.80. The summed E-state index contributed by atoms with van der Waals surface area (Å²) >= 11 is 1.23. The molecule has 1 aromatic heterocycles. The topological polar surface area (TPSA) is 92.3 Å². The van der Waals surface area contributed by atoms with E-state index in [9.17, 15) is 13.2 Å². The first kappa shape index (κ1) is 20.9. The molecule has 0 saturated carbocycles. The average Bonchev–Trinajstić information content (AvgIpc) is 3.12. The van der Waals surface area contributed by atoms with Gasteiger partial charge in [-0.3, -0.25) is 14.4 Å². The van der Waals surface area contributed by atoms with Crippen LogP contribution in [-0.4, -0.2) is 36.8 Å². The van der Waals surface area contributed by atoms with E-state index in [2.05, 4.69) is 15.5 Å². The molecule has 0 spiro atoms. The Kier molecular flexibility index (Phi) is 5.99. The summed E-state index contributed by atoms with van der Waals surface area (Å²) in [5.41, 5.74) is 3.05. The van der Waals surface area contributed by atoms with Crippen LogP contribution in [0, 0.1) is 13.8 Å². The monoisotopic (exact) mass is 430 g/mol. The number of aryl methyl sites for hydroxylation is 2. The number of anilines is 2. The number of carbonyl (C=O) groups excluding carboxylic acids is 1. The SMILES string of the molecule is Cc1ccc(C)c(N(C(C)C(=O)Nc2nnc(-c3ccccc3)s2)S(C)(=O)=O)c1. The Hall–Kier alpha value is -2.78. The minimum Gasteiger partial charge on any atom is -0.299 e. The second kappa shape index (κ2) is 8.30. The molecule has 9 heteroatoms. The molecule has 1 N–H and O–H groups in total. The van der Waals surface area contributed by atoms with E-state index in [4.69, 9.17) is 0 Å². The molecular weight excluding hydrogens is 408 g/mol. The second-order valence-electron chi connectivity index (χ2n) is 6.79. The molecule has 3 aromatic rings. The van der Waals surface area contributed by atoms with Crippen molar-refractivity contribution in [2.45, 2.75) is 26.8 Å². The number of hydrogen-bond donors (Lipinski definition) is 1. The molecule has 1 amide bonds. The van der Waals surface area contributed by atoms with E-state index in [0.717, 1.165) is 27.3 Å². The summed E-state index contributed by atoms with van der Waals surface area (Å²) in [7, 11) is -3.69. The first-order valence-corrected chi connectivity index (χ1v) is 11.6. The van der Waals surface area contributed by atoms with Gasteiger partial charge in [0.1, 0.15) is 11.0 Å². The Bertz CT molecular complexity index is 1130. The zero-order valence-electron chi connectivity index (χ0n) is 16.6. The van der Waals surface area contributed by atoms with Gasteiger partial charge in [-0.2, -0.15) is 0 Å². The molecular formula is C20H22N4O3S2. The molecule has 2 aromatic carbocycles. The maximum atomic E-state index is 12.8. The molecule has 152 valence electrons. The van der Waals surface area contributed by atoms with Crippen LogP contribution in [0.2, 0.25) is 0 Å². The number of hydrogen-bond acceptors (Lipinski definition) is 6. The number of carbonyl (C=O) groups is 1. The van der Waals surface area contributed by atoms with Gasteiger partial charge in [-0.1, -0.05) is 53.8 Å². The molecule has 0 bridgehead atoms. The number of sulfonamides is 1. The maximum Gasteiger partial charge on any atom is 0.249 e. The lowest BCUT2D eigenvalue weighted by molar-refractivity contribution is -0.116. The van der Waals surface area contributed by atoms with Crippen LogP contribution >= 0.6 is 11.3 Å². The van der Waals surface area contributed by atoms with Gasteiger partial charge in [0.25, 0.3) is 0 Å². The Balaban J connectivity index is 1.85. The Labute approximate surface area is 174 Å². The van der Waals surface area contributed by atoms with Crippen molar-refractivity contribution < 1.29 is 13.2 Å². The lowest BCUT2D eigenvalue weighted by Crippen LogP contribution is -2.45. The van der Waals surface area contributed by atoms with Crippen LogP contribution in [-0.2, 0) is 14.8 Å². The average molecular weight is 431 g/mol. The molecule has 1 atom stereocenters. The zero-order valence-corrected chi connectivity index (χ0v) is 18.2.